The van der Waals surface area contributed by atoms with Crippen molar-refractivity contribution in [2.75, 3.05) is 5.32 Å². The van der Waals surface area contributed by atoms with Crippen LogP contribution < -0.4 is 5.32 Å². The van der Waals surface area contributed by atoms with E-state index in [9.17, 15) is 19.7 Å². The first kappa shape index (κ1) is 15.2. The van der Waals surface area contributed by atoms with E-state index in [1.165, 1.54) is 42.5 Å². The van der Waals surface area contributed by atoms with Crippen molar-refractivity contribution in [1.82, 2.24) is 0 Å². The van der Waals surface area contributed by atoms with Crippen LogP contribution in [-0.2, 0) is 0 Å². The minimum atomic E-state index is -1.05. The highest BCUT2D eigenvalue weighted by Crippen LogP contribution is 2.18. The van der Waals surface area contributed by atoms with Gasteiger partial charge in [0.2, 0.25) is 0 Å². The van der Waals surface area contributed by atoms with E-state index in [-0.39, 0.29) is 16.8 Å². The average molecular weight is 300 g/mol. The number of nitrogens with one attached hydrogen (secondary N) is 1. The number of hydrogen-bond donors (Lipinski definition) is 2. The fourth-order valence-electron chi connectivity index (χ4n) is 1.87. The van der Waals surface area contributed by atoms with Crippen LogP contribution in [0.25, 0.3) is 0 Å². The maximum Gasteiger partial charge on any atom is 0.335 e. The highest BCUT2D eigenvalue weighted by Gasteiger charge is 2.12. The Bertz CT molecular complexity index is 753. The lowest BCUT2D eigenvalue weighted by Crippen LogP contribution is -2.13. The molecule has 0 fully saturated rings. The van der Waals surface area contributed by atoms with Crippen LogP contribution in [0.15, 0.2) is 42.5 Å². The molecule has 0 unspecified atom stereocenters. The van der Waals surface area contributed by atoms with Crippen LogP contribution in [0.2, 0.25) is 0 Å². The molecule has 0 bridgehead atoms. The molecule has 0 saturated carbocycles. The summed E-state index contributed by atoms with van der Waals surface area (Å²) in [4.78, 5) is 32.9. The number of hydrogen-bond acceptors (Lipinski definition) is 4. The number of aromatic carboxylic acids is 1. The van der Waals surface area contributed by atoms with E-state index in [0.717, 1.165) is 0 Å². The zero-order chi connectivity index (χ0) is 16.3. The maximum atomic E-state index is 12.1. The van der Waals surface area contributed by atoms with Crippen LogP contribution in [0.5, 0.6) is 0 Å². The summed E-state index contributed by atoms with van der Waals surface area (Å²) in [5.74, 6) is -1.47. The maximum absolute atomic E-state index is 12.1. The first-order chi connectivity index (χ1) is 10.4. The van der Waals surface area contributed by atoms with Gasteiger partial charge in [-0.2, -0.15) is 0 Å². The Morgan fingerprint density at radius 2 is 1.68 bits per heavy atom. The van der Waals surface area contributed by atoms with E-state index in [0.29, 0.717) is 11.3 Å². The molecule has 0 aliphatic heterocycles. The first-order valence-electron chi connectivity index (χ1n) is 6.28. The molecule has 2 rings (SSSR count). The predicted molar refractivity (Wildman–Crippen MR) is 79.2 cm³/mol. The molecule has 2 aromatic rings. The van der Waals surface area contributed by atoms with E-state index in [1.807, 2.05) is 0 Å². The van der Waals surface area contributed by atoms with E-state index in [1.54, 1.807) is 6.92 Å². The molecule has 0 saturated heterocycles. The molecule has 0 spiro atoms. The largest absolute Gasteiger partial charge is 0.478 e. The minimum absolute atomic E-state index is 0.0986. The third kappa shape index (κ3) is 3.26. The Balaban J connectivity index is 2.18. The van der Waals surface area contributed by atoms with Gasteiger partial charge in [0, 0.05) is 23.4 Å². The number of rotatable bonds is 4. The standard InChI is InChI=1S/C15H12N2O5/c1-9-8-11(15(19)20)4-7-13(9)16-14(18)10-2-5-12(6-3-10)17(21)22/h2-8H,1H3,(H,16,18)(H,19,20). The molecule has 0 aromatic heterocycles. The number of anilines is 1. The van der Waals surface area contributed by atoms with Crippen molar-refractivity contribution in [3.63, 3.8) is 0 Å². The van der Waals surface area contributed by atoms with Crippen LogP contribution in [0.1, 0.15) is 26.3 Å². The number of carboxylic acids is 1. The van der Waals surface area contributed by atoms with Crippen LogP contribution in [0.3, 0.4) is 0 Å². The second kappa shape index (κ2) is 6.04. The molecule has 112 valence electrons. The lowest BCUT2D eigenvalue weighted by Gasteiger charge is -2.09. The summed E-state index contributed by atoms with van der Waals surface area (Å²) in [6.45, 7) is 1.68. The number of nitro groups is 1. The second-order valence-corrected chi connectivity index (χ2v) is 4.59. The molecule has 0 radical (unpaired) electrons. The Morgan fingerprint density at radius 1 is 1.09 bits per heavy atom. The van der Waals surface area contributed by atoms with Crippen molar-refractivity contribution in [2.45, 2.75) is 6.92 Å². The molecule has 22 heavy (non-hydrogen) atoms. The highest BCUT2D eigenvalue weighted by atomic mass is 16.6. The first-order valence-corrected chi connectivity index (χ1v) is 6.28. The number of non-ortho nitro benzene ring substituents is 1. The predicted octanol–water partition coefficient (Wildman–Crippen LogP) is 2.85. The number of carbonyl (C=O) groups is 2. The molecule has 7 heteroatoms. The van der Waals surface area contributed by atoms with Gasteiger partial charge in [-0.15, -0.1) is 0 Å². The van der Waals surface area contributed by atoms with Crippen molar-refractivity contribution < 1.29 is 19.6 Å². The summed E-state index contributed by atoms with van der Waals surface area (Å²) in [6, 6.07) is 9.55. The van der Waals surface area contributed by atoms with Crippen molar-refractivity contribution >= 4 is 23.3 Å². The third-order valence-electron chi connectivity index (χ3n) is 3.06. The van der Waals surface area contributed by atoms with E-state index < -0.39 is 16.8 Å². The number of aryl methyl sites for hydroxylation is 1. The number of carbonyl (C=O) groups excluding carboxylic acids is 1. The Kier molecular flexibility index (Phi) is 4.17. The smallest absolute Gasteiger partial charge is 0.335 e. The Morgan fingerprint density at radius 3 is 2.18 bits per heavy atom. The van der Waals surface area contributed by atoms with E-state index in [2.05, 4.69) is 5.32 Å². The summed E-state index contributed by atoms with van der Waals surface area (Å²) >= 11 is 0. The zero-order valence-corrected chi connectivity index (χ0v) is 11.6. The fourth-order valence-corrected chi connectivity index (χ4v) is 1.87. The highest BCUT2D eigenvalue weighted by molar-refractivity contribution is 6.05. The molecule has 1 amide bonds. The van der Waals surface area contributed by atoms with Crippen LogP contribution in [0, 0.1) is 17.0 Å². The van der Waals surface area contributed by atoms with Gasteiger partial charge in [-0.05, 0) is 42.8 Å². The van der Waals surface area contributed by atoms with Crippen molar-refractivity contribution in [2.24, 2.45) is 0 Å². The van der Waals surface area contributed by atoms with Crippen molar-refractivity contribution in [1.29, 1.82) is 0 Å². The van der Waals surface area contributed by atoms with E-state index >= 15 is 0 Å². The lowest BCUT2D eigenvalue weighted by atomic mass is 10.1. The van der Waals surface area contributed by atoms with Crippen LogP contribution >= 0.6 is 0 Å². The molecule has 2 N–H and O–H groups in total. The molecular weight excluding hydrogens is 288 g/mol. The number of nitrogens with zero attached hydrogens (tertiary/aromatic N) is 1. The Labute approximate surface area is 125 Å². The minimum Gasteiger partial charge on any atom is -0.478 e. The molecular formula is C15H12N2O5. The van der Waals surface area contributed by atoms with Crippen molar-refractivity contribution in [3.8, 4) is 0 Å². The van der Waals surface area contributed by atoms with Gasteiger partial charge in [0.15, 0.2) is 0 Å². The summed E-state index contributed by atoms with van der Waals surface area (Å²) in [5.41, 5.74) is 1.39. The van der Waals surface area contributed by atoms with Gasteiger partial charge < -0.3 is 10.4 Å². The van der Waals surface area contributed by atoms with Gasteiger partial charge >= 0.3 is 5.97 Å². The molecule has 7 nitrogen and oxygen atoms in total. The molecule has 0 aliphatic rings. The summed E-state index contributed by atoms with van der Waals surface area (Å²) in [5, 5.41) is 22.1. The quantitative estimate of drug-likeness (QED) is 0.666. The summed E-state index contributed by atoms with van der Waals surface area (Å²) in [7, 11) is 0. The molecule has 0 atom stereocenters. The monoisotopic (exact) mass is 300 g/mol. The van der Waals surface area contributed by atoms with Gasteiger partial charge in [0.1, 0.15) is 0 Å². The number of nitro benzene ring substituents is 1. The van der Waals surface area contributed by atoms with Crippen LogP contribution in [0.4, 0.5) is 11.4 Å². The average Bonchev–Trinajstić information content (AvgIpc) is 2.49. The van der Waals surface area contributed by atoms with E-state index in [4.69, 9.17) is 5.11 Å². The van der Waals surface area contributed by atoms with Crippen molar-refractivity contribution in [3.05, 3.63) is 69.3 Å². The van der Waals surface area contributed by atoms with Crippen LogP contribution in [-0.4, -0.2) is 21.9 Å². The lowest BCUT2D eigenvalue weighted by molar-refractivity contribution is -0.384. The second-order valence-electron chi connectivity index (χ2n) is 4.59. The SMILES string of the molecule is Cc1cc(C(=O)O)ccc1NC(=O)c1ccc([N+](=O)[O-])cc1. The number of benzene rings is 2. The summed E-state index contributed by atoms with van der Waals surface area (Å²) in [6.07, 6.45) is 0. The zero-order valence-electron chi connectivity index (χ0n) is 11.6. The molecule has 0 heterocycles. The van der Waals surface area contributed by atoms with Gasteiger partial charge in [0.05, 0.1) is 10.5 Å². The third-order valence-corrected chi connectivity index (χ3v) is 3.06. The molecule has 0 aliphatic carbocycles. The molecule has 2 aromatic carbocycles. The van der Waals surface area contributed by atoms with Gasteiger partial charge in [-0.1, -0.05) is 0 Å². The summed E-state index contributed by atoms with van der Waals surface area (Å²) < 4.78 is 0. The fraction of sp³-hybridized carbons (Fsp3) is 0.0667. The number of amides is 1. The van der Waals surface area contributed by atoms with Gasteiger partial charge in [-0.3, -0.25) is 14.9 Å². The topological polar surface area (TPSA) is 110 Å². The number of carboxylic acid groups (broad SMARTS) is 1. The Hall–Kier alpha value is -3.22. The van der Waals surface area contributed by atoms with Gasteiger partial charge in [-0.25, -0.2) is 4.79 Å². The normalized spacial score (nSPS) is 10.0. The van der Waals surface area contributed by atoms with Gasteiger partial charge in [0.25, 0.3) is 11.6 Å².